The summed E-state index contributed by atoms with van der Waals surface area (Å²) in [6.45, 7) is 5.05. The van der Waals surface area contributed by atoms with Gasteiger partial charge in [-0.15, -0.1) is 17.9 Å². The predicted molar refractivity (Wildman–Crippen MR) is 165 cm³/mol. The molecule has 0 unspecified atom stereocenters. The number of sulfonamides is 1. The number of halogens is 3. The van der Waals surface area contributed by atoms with E-state index in [0.29, 0.717) is 50.3 Å². The van der Waals surface area contributed by atoms with Crippen molar-refractivity contribution in [3.63, 3.8) is 0 Å². The van der Waals surface area contributed by atoms with Gasteiger partial charge < -0.3 is 15.5 Å². The Labute approximate surface area is 257 Å². The predicted octanol–water partition coefficient (Wildman–Crippen LogP) is 5.56. The van der Waals surface area contributed by atoms with Gasteiger partial charge >= 0.3 is 6.18 Å². The third-order valence-electron chi connectivity index (χ3n) is 6.88. The molecule has 3 N–H and O–H groups in total. The molecule has 2 aromatic carbocycles. The summed E-state index contributed by atoms with van der Waals surface area (Å²) in [4.78, 5) is 19.4. The fourth-order valence-electron chi connectivity index (χ4n) is 4.74. The summed E-state index contributed by atoms with van der Waals surface area (Å²) in [5.74, 6) is 0.952. The van der Waals surface area contributed by atoms with Gasteiger partial charge in [-0.05, 0) is 31.4 Å². The molecule has 4 aromatic rings. The molecule has 3 heterocycles. The standard InChI is InChI=1S/C29H31F3N8O2S2/c1-2-3-15-33-26-37-27(34-17-21-19-43-25(36-21)20-10-5-4-6-11-20)39-28(38-26)40-16-9-12-22(40)18-35-44(41,42)24-14-8-7-13-23(24)29(30,31)32/h2,4-8,10-11,13-14,19,22,35H,1,3,9,12,15-18H2,(H2,33,34,37,38,39)/t22-/m1/s1. The fraction of sp³-hybridized carbons (Fsp3) is 0.310. The quantitative estimate of drug-likeness (QED) is 0.127. The highest BCUT2D eigenvalue weighted by molar-refractivity contribution is 7.89. The largest absolute Gasteiger partial charge is 0.417 e. The van der Waals surface area contributed by atoms with Crippen LogP contribution < -0.4 is 20.3 Å². The van der Waals surface area contributed by atoms with E-state index in [9.17, 15) is 21.6 Å². The van der Waals surface area contributed by atoms with Crippen molar-refractivity contribution in [2.24, 2.45) is 0 Å². The van der Waals surface area contributed by atoms with Crippen LogP contribution in [0.5, 0.6) is 0 Å². The lowest BCUT2D eigenvalue weighted by molar-refractivity contribution is -0.139. The summed E-state index contributed by atoms with van der Waals surface area (Å²) in [6, 6.07) is 13.6. The number of nitrogens with zero attached hydrogens (tertiary/aromatic N) is 5. The number of benzene rings is 2. The Morgan fingerprint density at radius 1 is 1.00 bits per heavy atom. The first-order valence-corrected chi connectivity index (χ1v) is 16.3. The van der Waals surface area contributed by atoms with E-state index in [1.54, 1.807) is 6.08 Å². The van der Waals surface area contributed by atoms with Gasteiger partial charge in [0.25, 0.3) is 0 Å². The lowest BCUT2D eigenvalue weighted by Crippen LogP contribution is -2.41. The maximum absolute atomic E-state index is 13.5. The van der Waals surface area contributed by atoms with Crippen molar-refractivity contribution in [1.29, 1.82) is 0 Å². The molecule has 15 heteroatoms. The van der Waals surface area contributed by atoms with Gasteiger partial charge in [-0.1, -0.05) is 48.5 Å². The SMILES string of the molecule is C=CCCNc1nc(NCc2csc(-c3ccccc3)n2)nc(N2CCC[C@@H]2CNS(=O)(=O)c2ccccc2C(F)(F)F)n1. The molecule has 0 aliphatic carbocycles. The minimum atomic E-state index is -4.81. The molecule has 1 aliphatic heterocycles. The number of thiazole rings is 1. The number of anilines is 3. The zero-order valence-electron chi connectivity index (χ0n) is 23.6. The Balaban J connectivity index is 1.32. The first kappa shape index (κ1) is 31.3. The van der Waals surface area contributed by atoms with Crippen LogP contribution in [0.25, 0.3) is 10.6 Å². The van der Waals surface area contributed by atoms with Crippen molar-refractivity contribution >= 4 is 39.2 Å². The van der Waals surface area contributed by atoms with Crippen LogP contribution in [-0.4, -0.2) is 54.0 Å². The van der Waals surface area contributed by atoms with Crippen LogP contribution in [0, 0.1) is 0 Å². The number of hydrogen-bond donors (Lipinski definition) is 3. The van der Waals surface area contributed by atoms with Gasteiger partial charge in [0.05, 0.1) is 22.7 Å². The molecule has 44 heavy (non-hydrogen) atoms. The molecule has 1 fully saturated rings. The molecule has 2 aromatic heterocycles. The minimum absolute atomic E-state index is 0.122. The van der Waals surface area contributed by atoms with Crippen molar-refractivity contribution in [3.8, 4) is 10.6 Å². The maximum atomic E-state index is 13.5. The van der Waals surface area contributed by atoms with Crippen LogP contribution >= 0.6 is 11.3 Å². The van der Waals surface area contributed by atoms with Gasteiger partial charge in [-0.25, -0.2) is 18.1 Å². The molecule has 0 amide bonds. The van der Waals surface area contributed by atoms with Gasteiger partial charge in [-0.3, -0.25) is 0 Å². The lowest BCUT2D eigenvalue weighted by Gasteiger charge is -2.25. The summed E-state index contributed by atoms with van der Waals surface area (Å²) in [5, 5.41) is 9.22. The van der Waals surface area contributed by atoms with Crippen molar-refractivity contribution in [2.45, 2.75) is 42.9 Å². The fourth-order valence-corrected chi connectivity index (χ4v) is 6.86. The molecule has 10 nitrogen and oxygen atoms in total. The zero-order valence-corrected chi connectivity index (χ0v) is 25.2. The summed E-state index contributed by atoms with van der Waals surface area (Å²) in [6.07, 6.45) is -1.05. The molecular formula is C29H31F3N8O2S2. The van der Waals surface area contributed by atoms with E-state index in [1.807, 2.05) is 40.6 Å². The maximum Gasteiger partial charge on any atom is 0.417 e. The van der Waals surface area contributed by atoms with Crippen molar-refractivity contribution in [3.05, 3.63) is 83.9 Å². The zero-order chi connectivity index (χ0) is 31.2. The van der Waals surface area contributed by atoms with E-state index >= 15 is 0 Å². The van der Waals surface area contributed by atoms with Crippen LogP contribution in [0.1, 0.15) is 30.5 Å². The highest BCUT2D eigenvalue weighted by Crippen LogP contribution is 2.34. The minimum Gasteiger partial charge on any atom is -0.354 e. The average molecular weight is 645 g/mol. The Morgan fingerprint density at radius 3 is 2.48 bits per heavy atom. The van der Waals surface area contributed by atoms with E-state index in [-0.39, 0.29) is 12.6 Å². The summed E-state index contributed by atoms with van der Waals surface area (Å²) in [7, 11) is -4.45. The number of alkyl halides is 3. The van der Waals surface area contributed by atoms with Crippen LogP contribution in [-0.2, 0) is 22.7 Å². The second-order valence-corrected chi connectivity index (χ2v) is 12.6. The molecule has 1 saturated heterocycles. The monoisotopic (exact) mass is 644 g/mol. The number of aromatic nitrogens is 4. The molecule has 1 aliphatic rings. The van der Waals surface area contributed by atoms with E-state index in [0.717, 1.165) is 40.9 Å². The van der Waals surface area contributed by atoms with Gasteiger partial charge in [0, 0.05) is 36.6 Å². The highest BCUT2D eigenvalue weighted by atomic mass is 32.2. The van der Waals surface area contributed by atoms with Crippen LogP contribution in [0.2, 0.25) is 0 Å². The molecule has 1 atom stereocenters. The van der Waals surface area contributed by atoms with E-state index in [1.165, 1.54) is 17.4 Å². The van der Waals surface area contributed by atoms with E-state index in [2.05, 4.69) is 36.9 Å². The highest BCUT2D eigenvalue weighted by Gasteiger charge is 2.37. The lowest BCUT2D eigenvalue weighted by atomic mass is 10.2. The van der Waals surface area contributed by atoms with Crippen molar-refractivity contribution in [1.82, 2.24) is 24.7 Å². The second kappa shape index (κ2) is 13.7. The summed E-state index contributed by atoms with van der Waals surface area (Å²) >= 11 is 1.53. The summed E-state index contributed by atoms with van der Waals surface area (Å²) < 4.78 is 68.8. The Kier molecular flexibility index (Phi) is 9.76. The van der Waals surface area contributed by atoms with Gasteiger partial charge in [0.15, 0.2) is 0 Å². The van der Waals surface area contributed by atoms with Gasteiger partial charge in [0.2, 0.25) is 27.9 Å². The normalized spacial score (nSPS) is 15.3. The van der Waals surface area contributed by atoms with E-state index in [4.69, 9.17) is 4.98 Å². The number of nitrogens with one attached hydrogen (secondary N) is 3. The molecular weight excluding hydrogens is 614 g/mol. The third-order valence-corrected chi connectivity index (χ3v) is 9.30. The van der Waals surface area contributed by atoms with Crippen molar-refractivity contribution in [2.75, 3.05) is 35.2 Å². The molecule has 5 rings (SSSR count). The molecule has 232 valence electrons. The first-order valence-electron chi connectivity index (χ1n) is 13.9. The molecule has 0 bridgehead atoms. The van der Waals surface area contributed by atoms with Crippen molar-refractivity contribution < 1.29 is 21.6 Å². The Bertz CT molecular complexity index is 1680. The number of hydrogen-bond acceptors (Lipinski definition) is 10. The third kappa shape index (κ3) is 7.70. The molecule has 0 radical (unpaired) electrons. The van der Waals surface area contributed by atoms with Crippen LogP contribution in [0.15, 0.2) is 77.5 Å². The second-order valence-electron chi connectivity index (χ2n) is 9.99. The smallest absolute Gasteiger partial charge is 0.354 e. The topological polar surface area (TPSA) is 125 Å². The Hall–Kier alpha value is -4.08. The molecule has 0 spiro atoms. The van der Waals surface area contributed by atoms with Crippen LogP contribution in [0.4, 0.5) is 31.0 Å². The molecule has 0 saturated carbocycles. The average Bonchev–Trinajstić information content (AvgIpc) is 3.69. The number of rotatable bonds is 13. The van der Waals surface area contributed by atoms with Gasteiger partial charge in [0.1, 0.15) is 5.01 Å². The van der Waals surface area contributed by atoms with Crippen LogP contribution in [0.3, 0.4) is 0 Å². The Morgan fingerprint density at radius 2 is 1.73 bits per heavy atom. The van der Waals surface area contributed by atoms with Gasteiger partial charge in [-0.2, -0.15) is 28.1 Å². The van der Waals surface area contributed by atoms with E-state index < -0.39 is 26.7 Å². The first-order chi connectivity index (χ1) is 21.1. The summed E-state index contributed by atoms with van der Waals surface area (Å²) in [5.41, 5.74) is 0.622.